The summed E-state index contributed by atoms with van der Waals surface area (Å²) in [6, 6.07) is 18.0. The summed E-state index contributed by atoms with van der Waals surface area (Å²) in [5.41, 5.74) is 5.24. The van der Waals surface area contributed by atoms with Gasteiger partial charge >= 0.3 is 0 Å². The lowest BCUT2D eigenvalue weighted by Crippen LogP contribution is -2.06. The van der Waals surface area contributed by atoms with Crippen molar-refractivity contribution in [3.63, 3.8) is 0 Å². The van der Waals surface area contributed by atoms with Gasteiger partial charge in [-0.3, -0.25) is 0 Å². The minimum Gasteiger partial charge on any atom is -0.497 e. The fourth-order valence-electron chi connectivity index (χ4n) is 2.95. The van der Waals surface area contributed by atoms with Crippen molar-refractivity contribution in [3.8, 4) is 17.1 Å². The van der Waals surface area contributed by atoms with E-state index in [1.807, 2.05) is 77.3 Å². The van der Waals surface area contributed by atoms with E-state index in [9.17, 15) is 0 Å². The van der Waals surface area contributed by atoms with Gasteiger partial charge in [-0.1, -0.05) is 12.1 Å². The van der Waals surface area contributed by atoms with Crippen molar-refractivity contribution in [2.45, 2.75) is 13.5 Å². The predicted octanol–water partition coefficient (Wildman–Crippen LogP) is 3.99. The Bertz CT molecular complexity index is 1030. The van der Waals surface area contributed by atoms with Crippen LogP contribution in [0, 0.1) is 6.92 Å². The second kappa shape index (κ2) is 7.37. The average Bonchev–Trinajstić information content (AvgIpc) is 3.36. The van der Waals surface area contributed by atoms with Crippen LogP contribution >= 0.6 is 0 Å². The highest BCUT2D eigenvalue weighted by atomic mass is 16.5. The zero-order valence-electron chi connectivity index (χ0n) is 15.3. The molecule has 0 atom stereocenters. The van der Waals surface area contributed by atoms with Gasteiger partial charge in [0, 0.05) is 30.2 Å². The maximum atomic E-state index is 5.20. The smallest absolute Gasteiger partial charge is 0.119 e. The van der Waals surface area contributed by atoms with Crippen LogP contribution in [0.2, 0.25) is 0 Å². The van der Waals surface area contributed by atoms with Crippen molar-refractivity contribution in [1.82, 2.24) is 19.6 Å². The molecular weight excluding hydrogens is 338 g/mol. The molecule has 1 N–H and O–H groups in total. The van der Waals surface area contributed by atoms with E-state index >= 15 is 0 Å². The summed E-state index contributed by atoms with van der Waals surface area (Å²) in [7, 11) is 1.66. The molecule has 27 heavy (non-hydrogen) atoms. The Morgan fingerprint density at radius 2 is 1.81 bits per heavy atom. The van der Waals surface area contributed by atoms with Crippen molar-refractivity contribution < 1.29 is 4.74 Å². The topological polar surface area (TPSA) is 56.9 Å². The van der Waals surface area contributed by atoms with Gasteiger partial charge in [0.1, 0.15) is 5.75 Å². The third-order valence-corrected chi connectivity index (χ3v) is 4.42. The van der Waals surface area contributed by atoms with Gasteiger partial charge in [0.2, 0.25) is 0 Å². The third kappa shape index (κ3) is 3.55. The highest BCUT2D eigenvalue weighted by Crippen LogP contribution is 2.21. The molecular formula is C21H21N5O. The van der Waals surface area contributed by atoms with Crippen LogP contribution in [-0.2, 0) is 6.54 Å². The first-order valence-electron chi connectivity index (χ1n) is 8.76. The number of methoxy groups -OCH3 is 1. The Labute approximate surface area is 158 Å². The number of anilines is 1. The zero-order chi connectivity index (χ0) is 18.6. The summed E-state index contributed by atoms with van der Waals surface area (Å²) >= 11 is 0. The molecule has 0 amide bonds. The standard InChI is InChI=1S/C21H21N5O/c1-16-11-12-23-26(16)21-6-4-3-5-20(21)22-13-17-14-24-25(15-17)18-7-9-19(27-2)10-8-18/h3-12,14-15,22H,13H2,1-2H3. The Balaban J connectivity index is 1.50. The van der Waals surface area contributed by atoms with Gasteiger partial charge in [0.05, 0.1) is 30.4 Å². The molecule has 0 saturated heterocycles. The molecule has 2 aromatic heterocycles. The van der Waals surface area contributed by atoms with E-state index in [0.29, 0.717) is 6.54 Å². The number of aryl methyl sites for hydroxylation is 1. The Hall–Kier alpha value is -3.54. The molecule has 0 fully saturated rings. The van der Waals surface area contributed by atoms with E-state index < -0.39 is 0 Å². The zero-order valence-corrected chi connectivity index (χ0v) is 15.3. The molecule has 0 aliphatic heterocycles. The van der Waals surface area contributed by atoms with Crippen molar-refractivity contribution in [1.29, 1.82) is 0 Å². The van der Waals surface area contributed by atoms with Gasteiger partial charge < -0.3 is 10.1 Å². The molecule has 4 rings (SSSR count). The average molecular weight is 359 g/mol. The summed E-state index contributed by atoms with van der Waals surface area (Å²) in [5, 5.41) is 12.4. The minimum atomic E-state index is 0.674. The largest absolute Gasteiger partial charge is 0.497 e. The highest BCUT2D eigenvalue weighted by molar-refractivity contribution is 5.61. The first-order valence-corrected chi connectivity index (χ1v) is 8.76. The minimum absolute atomic E-state index is 0.674. The first kappa shape index (κ1) is 16.9. The number of hydrogen-bond acceptors (Lipinski definition) is 4. The summed E-state index contributed by atoms with van der Waals surface area (Å²) in [4.78, 5) is 0. The first-order chi connectivity index (χ1) is 13.2. The van der Waals surface area contributed by atoms with Crippen LogP contribution in [0.15, 0.2) is 73.2 Å². The second-order valence-corrected chi connectivity index (χ2v) is 6.25. The van der Waals surface area contributed by atoms with Gasteiger partial charge in [-0.25, -0.2) is 9.36 Å². The predicted molar refractivity (Wildman–Crippen MR) is 106 cm³/mol. The second-order valence-electron chi connectivity index (χ2n) is 6.25. The third-order valence-electron chi connectivity index (χ3n) is 4.42. The number of benzene rings is 2. The van der Waals surface area contributed by atoms with Crippen molar-refractivity contribution >= 4 is 5.69 Å². The number of aromatic nitrogens is 4. The number of nitrogens with one attached hydrogen (secondary N) is 1. The van der Waals surface area contributed by atoms with E-state index in [2.05, 4.69) is 27.6 Å². The summed E-state index contributed by atoms with van der Waals surface area (Å²) < 4.78 is 9.00. The van der Waals surface area contributed by atoms with Gasteiger partial charge in [-0.05, 0) is 49.4 Å². The van der Waals surface area contributed by atoms with E-state index in [4.69, 9.17) is 4.74 Å². The normalized spacial score (nSPS) is 10.7. The molecule has 0 spiro atoms. The van der Waals surface area contributed by atoms with E-state index in [0.717, 1.165) is 34.1 Å². The summed E-state index contributed by atoms with van der Waals surface area (Å²) in [5.74, 6) is 0.832. The van der Waals surface area contributed by atoms with E-state index in [1.54, 1.807) is 7.11 Å². The molecule has 6 heteroatoms. The van der Waals surface area contributed by atoms with Crippen LogP contribution < -0.4 is 10.1 Å². The quantitative estimate of drug-likeness (QED) is 0.566. The van der Waals surface area contributed by atoms with Crippen LogP contribution in [-0.4, -0.2) is 26.7 Å². The number of para-hydroxylation sites is 2. The number of ether oxygens (including phenoxy) is 1. The lowest BCUT2D eigenvalue weighted by atomic mass is 10.2. The van der Waals surface area contributed by atoms with Crippen molar-refractivity contribution in [2.75, 3.05) is 12.4 Å². The molecule has 2 aromatic carbocycles. The molecule has 0 radical (unpaired) electrons. The van der Waals surface area contributed by atoms with Gasteiger partial charge in [-0.15, -0.1) is 0 Å². The van der Waals surface area contributed by atoms with Crippen LogP contribution in [0.5, 0.6) is 5.75 Å². The molecule has 0 saturated carbocycles. The fraction of sp³-hybridized carbons (Fsp3) is 0.143. The van der Waals surface area contributed by atoms with Gasteiger partial charge in [0.15, 0.2) is 0 Å². The van der Waals surface area contributed by atoms with Gasteiger partial charge in [-0.2, -0.15) is 10.2 Å². The maximum absolute atomic E-state index is 5.20. The lowest BCUT2D eigenvalue weighted by molar-refractivity contribution is 0.414. The van der Waals surface area contributed by atoms with Crippen LogP contribution in [0.25, 0.3) is 11.4 Å². The van der Waals surface area contributed by atoms with E-state index in [1.165, 1.54) is 0 Å². The summed E-state index contributed by atoms with van der Waals surface area (Å²) in [6.07, 6.45) is 5.71. The van der Waals surface area contributed by atoms with Crippen LogP contribution in [0.1, 0.15) is 11.3 Å². The number of nitrogens with zero attached hydrogens (tertiary/aromatic N) is 4. The van der Waals surface area contributed by atoms with Crippen molar-refractivity contribution in [3.05, 3.63) is 84.4 Å². The lowest BCUT2D eigenvalue weighted by Gasteiger charge is -2.12. The Kier molecular flexibility index (Phi) is 4.61. The Morgan fingerprint density at radius 1 is 1.00 bits per heavy atom. The number of rotatable bonds is 6. The molecule has 6 nitrogen and oxygen atoms in total. The van der Waals surface area contributed by atoms with Crippen molar-refractivity contribution in [2.24, 2.45) is 0 Å². The number of hydrogen-bond donors (Lipinski definition) is 1. The molecule has 0 aliphatic rings. The molecule has 4 aromatic rings. The molecule has 2 heterocycles. The Morgan fingerprint density at radius 3 is 2.56 bits per heavy atom. The summed E-state index contributed by atoms with van der Waals surface area (Å²) in [6.45, 7) is 2.72. The maximum Gasteiger partial charge on any atom is 0.119 e. The van der Waals surface area contributed by atoms with E-state index in [-0.39, 0.29) is 0 Å². The molecule has 0 aliphatic carbocycles. The molecule has 136 valence electrons. The SMILES string of the molecule is COc1ccc(-n2cc(CNc3ccccc3-n3nccc3C)cn2)cc1. The molecule has 0 bridgehead atoms. The highest BCUT2D eigenvalue weighted by Gasteiger charge is 2.08. The van der Waals surface area contributed by atoms with Crippen LogP contribution in [0.4, 0.5) is 5.69 Å². The van der Waals surface area contributed by atoms with Crippen LogP contribution in [0.3, 0.4) is 0 Å². The monoisotopic (exact) mass is 359 g/mol. The van der Waals surface area contributed by atoms with Gasteiger partial charge in [0.25, 0.3) is 0 Å². The molecule has 0 unspecified atom stereocenters. The fourth-order valence-corrected chi connectivity index (χ4v) is 2.95.